The number of hydrogen-bond acceptors (Lipinski definition) is 6. The fraction of sp³-hybridized carbons (Fsp3) is 0.556. The molecule has 1 aromatic carbocycles. The number of aliphatic hydroxyl groups excluding tert-OH is 1. The molecule has 2 amide bonds. The van der Waals surface area contributed by atoms with Crippen LogP contribution in [0.25, 0.3) is 0 Å². The van der Waals surface area contributed by atoms with E-state index in [0.717, 1.165) is 15.4 Å². The van der Waals surface area contributed by atoms with E-state index in [1.54, 1.807) is 13.8 Å². The summed E-state index contributed by atoms with van der Waals surface area (Å²) in [4.78, 5) is 25.8. The van der Waals surface area contributed by atoms with Crippen molar-refractivity contribution in [2.45, 2.75) is 48.5 Å². The van der Waals surface area contributed by atoms with Crippen LogP contribution in [0.3, 0.4) is 0 Å². The van der Waals surface area contributed by atoms with Crippen LogP contribution in [-0.4, -0.2) is 62.9 Å². The van der Waals surface area contributed by atoms with Gasteiger partial charge in [0.1, 0.15) is 0 Å². The van der Waals surface area contributed by atoms with Crippen molar-refractivity contribution in [3.63, 3.8) is 0 Å². The van der Waals surface area contributed by atoms with E-state index in [9.17, 15) is 14.7 Å². The van der Waals surface area contributed by atoms with Gasteiger partial charge in [0.05, 0.1) is 0 Å². The van der Waals surface area contributed by atoms with Crippen LogP contribution in [0.5, 0.6) is 0 Å². The van der Waals surface area contributed by atoms with E-state index in [0.29, 0.717) is 0 Å². The molecule has 7 nitrogen and oxygen atoms in total. The molecule has 1 N–H and O–H groups in total. The van der Waals surface area contributed by atoms with E-state index in [1.165, 1.54) is 0 Å². The van der Waals surface area contributed by atoms with Crippen LogP contribution >= 0.6 is 0 Å². The molecule has 0 spiro atoms. The van der Waals surface area contributed by atoms with Gasteiger partial charge in [-0.3, -0.25) is 0 Å². The second-order valence-electron chi connectivity index (χ2n) is 6.98. The number of cyclic esters (lactones) is 1. The Morgan fingerprint density at radius 2 is 2.04 bits per heavy atom. The van der Waals surface area contributed by atoms with E-state index >= 15 is 4.39 Å². The van der Waals surface area contributed by atoms with Crippen LogP contribution in [0.4, 0.5) is 9.18 Å². The Hall–Kier alpha value is -1.30. The zero-order chi connectivity index (χ0) is 19.8. The number of carbonyl (C=O) groups excluding carboxylic acids is 2. The second-order valence-corrected chi connectivity index (χ2v) is 10.3. The Morgan fingerprint density at radius 3 is 2.63 bits per heavy atom. The summed E-state index contributed by atoms with van der Waals surface area (Å²) >= 11 is -0.818. The molecule has 0 aromatic heterocycles. The number of halogens is 2. The molecule has 0 radical (unpaired) electrons. The maximum atomic E-state index is 15.3. The average Bonchev–Trinajstić information content (AvgIpc) is 3.16. The van der Waals surface area contributed by atoms with Gasteiger partial charge in [0.2, 0.25) is 0 Å². The molecule has 2 fully saturated rings. The van der Waals surface area contributed by atoms with Gasteiger partial charge in [0.25, 0.3) is 0 Å². The van der Waals surface area contributed by atoms with E-state index < -0.39 is 60.9 Å². The zero-order valence-electron chi connectivity index (χ0n) is 15.2. The van der Waals surface area contributed by atoms with Gasteiger partial charge in [-0.1, -0.05) is 0 Å². The van der Waals surface area contributed by atoms with Crippen LogP contribution in [0.1, 0.15) is 20.8 Å². The summed E-state index contributed by atoms with van der Waals surface area (Å²) in [5.41, 5.74) is -2.73. The van der Waals surface area contributed by atoms with Crippen molar-refractivity contribution in [1.29, 1.82) is 0 Å². The number of hydrogen-bond donors (Lipinski definition) is 1. The minimum atomic E-state index is -2.73. The number of aliphatic hydroxyl groups is 1. The number of nitrogens with zero attached hydrogens (tertiary/aromatic N) is 1. The molecule has 2 aliphatic rings. The summed E-state index contributed by atoms with van der Waals surface area (Å²) < 4.78 is 31.6. The third-order valence-electron chi connectivity index (χ3n) is 4.38. The van der Waals surface area contributed by atoms with Crippen LogP contribution in [-0.2, 0) is 19.0 Å². The minimum absolute atomic E-state index is 0.0228. The molecule has 2 saturated heterocycles. The Labute approximate surface area is 167 Å². The van der Waals surface area contributed by atoms with Gasteiger partial charge >= 0.3 is 167 Å². The number of amides is 2. The van der Waals surface area contributed by atoms with Gasteiger partial charge in [-0.25, -0.2) is 0 Å². The van der Waals surface area contributed by atoms with E-state index in [2.05, 4.69) is 0 Å². The van der Waals surface area contributed by atoms with Gasteiger partial charge in [-0.2, -0.15) is 0 Å². The summed E-state index contributed by atoms with van der Waals surface area (Å²) in [7, 11) is 0. The summed E-state index contributed by atoms with van der Waals surface area (Å²) in [5, 5.41) is 10.4. The Morgan fingerprint density at radius 1 is 1.37 bits per heavy atom. The Bertz CT molecular complexity index is 713. The fourth-order valence-corrected chi connectivity index (χ4v) is 5.68. The fourth-order valence-electron chi connectivity index (χ4n) is 2.90. The average molecular weight is 494 g/mol. The molecule has 9 heteroatoms. The first-order valence-corrected chi connectivity index (χ1v) is 10.8. The predicted octanol–water partition coefficient (Wildman–Crippen LogP) is -1.51. The third-order valence-corrected chi connectivity index (χ3v) is 7.46. The zero-order valence-corrected chi connectivity index (χ0v) is 17.4. The number of carbonyl (C=O) groups is 2. The summed E-state index contributed by atoms with van der Waals surface area (Å²) in [6, 6.07) is 9.39. The van der Waals surface area contributed by atoms with Crippen LogP contribution in [0.15, 0.2) is 30.3 Å². The van der Waals surface area contributed by atoms with E-state index in [4.69, 9.17) is 14.2 Å². The molecule has 0 aliphatic carbocycles. The Kier molecular flexibility index (Phi) is 5.76. The SMILES string of the molecule is CC1(C)OC[C@H]([C@@H](O)[C@@](C)(F)C(=O)N2C(=O)OC[C@@H]2[I-]c2ccccc2)O1. The number of alkyl halides is 2. The third kappa shape index (κ3) is 4.25. The molecule has 0 saturated carbocycles. The number of rotatable bonds is 5. The molecule has 2 heterocycles. The number of ether oxygens (including phenoxy) is 3. The normalized spacial score (nSPS) is 28.0. The van der Waals surface area contributed by atoms with Crippen LogP contribution in [0.2, 0.25) is 0 Å². The monoisotopic (exact) mass is 494 g/mol. The van der Waals surface area contributed by atoms with Gasteiger partial charge in [0, 0.05) is 0 Å². The topological polar surface area (TPSA) is 85.3 Å². The molecule has 27 heavy (non-hydrogen) atoms. The summed E-state index contributed by atoms with van der Waals surface area (Å²) in [5.74, 6) is -2.09. The van der Waals surface area contributed by atoms with Crippen molar-refractivity contribution >= 4 is 12.0 Å². The van der Waals surface area contributed by atoms with Crippen molar-refractivity contribution in [3.05, 3.63) is 33.9 Å². The first-order chi connectivity index (χ1) is 12.6. The molecule has 1 aromatic rings. The number of benzene rings is 1. The van der Waals surface area contributed by atoms with Crippen molar-refractivity contribution in [1.82, 2.24) is 4.90 Å². The van der Waals surface area contributed by atoms with Gasteiger partial charge in [-0.15, -0.1) is 0 Å². The quantitative estimate of drug-likeness (QED) is 0.305. The summed E-state index contributed by atoms with van der Waals surface area (Å²) in [6.07, 6.45) is -3.68. The first kappa shape index (κ1) is 20.4. The molecule has 4 atom stereocenters. The van der Waals surface area contributed by atoms with Crippen molar-refractivity contribution < 1.29 is 54.5 Å². The van der Waals surface area contributed by atoms with Gasteiger partial charge < -0.3 is 0 Å². The molecule has 2 aliphatic heterocycles. The predicted molar refractivity (Wildman–Crippen MR) is 87.5 cm³/mol. The van der Waals surface area contributed by atoms with Crippen LogP contribution < -0.4 is 21.2 Å². The van der Waals surface area contributed by atoms with Crippen molar-refractivity contribution in [2.75, 3.05) is 13.2 Å². The van der Waals surface area contributed by atoms with Crippen LogP contribution in [0, 0.1) is 3.57 Å². The molecule has 0 bridgehead atoms. The second kappa shape index (κ2) is 7.61. The van der Waals surface area contributed by atoms with Gasteiger partial charge in [0.15, 0.2) is 0 Å². The molecular weight excluding hydrogens is 472 g/mol. The molecule has 3 rings (SSSR count). The van der Waals surface area contributed by atoms with Crippen molar-refractivity contribution in [3.8, 4) is 0 Å². The Balaban J connectivity index is 1.76. The first-order valence-electron chi connectivity index (χ1n) is 8.49. The number of imide groups is 1. The van der Waals surface area contributed by atoms with E-state index in [-0.39, 0.29) is 13.2 Å². The molecule has 0 unspecified atom stereocenters. The van der Waals surface area contributed by atoms with Crippen molar-refractivity contribution in [2.24, 2.45) is 0 Å². The standard InChI is InChI=1S/C18H22FINO6/c1-17(2)26-9-12(27-17)14(22)18(3,19)15(23)21-13(10-25-16(21)24)20-11-7-5-4-6-8-11/h4-8,12-14,22H,9-10H2,1-3H3/q-1/t12-,13-,14-,18-/m1/s1. The molecular formula is C18H22FINO6-. The van der Waals surface area contributed by atoms with E-state index in [1.807, 2.05) is 30.3 Å². The van der Waals surface area contributed by atoms with Gasteiger partial charge in [-0.05, 0) is 0 Å². The maximum absolute atomic E-state index is 15.3. The summed E-state index contributed by atoms with van der Waals surface area (Å²) in [6.45, 7) is 4.20. The molecule has 150 valence electrons.